The second kappa shape index (κ2) is 8.51. The number of rotatable bonds is 5. The van der Waals surface area contributed by atoms with Gasteiger partial charge in [-0.05, 0) is 25.0 Å². The third-order valence-corrected chi connectivity index (χ3v) is 7.85. The van der Waals surface area contributed by atoms with Crippen LogP contribution in [0, 0.1) is 0 Å². The van der Waals surface area contributed by atoms with E-state index in [-0.39, 0.29) is 5.56 Å². The van der Waals surface area contributed by atoms with E-state index in [2.05, 4.69) is 16.0 Å². The lowest BCUT2D eigenvalue weighted by Gasteiger charge is -2.22. The minimum absolute atomic E-state index is 0.378. The third kappa shape index (κ3) is 3.89. The number of nitrogens with zero attached hydrogens (tertiary/aromatic N) is 5. The number of hydrogen-bond acceptors (Lipinski definition) is 7. The minimum Gasteiger partial charge on any atom is -0.342 e. The number of benzene rings is 1. The molecule has 0 saturated carbocycles. The van der Waals surface area contributed by atoms with E-state index < -0.39 is 5.69 Å². The quantitative estimate of drug-likeness (QED) is 0.464. The number of aromatic nitrogens is 5. The van der Waals surface area contributed by atoms with Gasteiger partial charge in [-0.1, -0.05) is 36.7 Å². The van der Waals surface area contributed by atoms with E-state index in [4.69, 9.17) is 9.97 Å². The van der Waals surface area contributed by atoms with E-state index in [1.54, 1.807) is 30.1 Å². The summed E-state index contributed by atoms with van der Waals surface area (Å²) >= 11 is 3.37. The molecule has 0 atom stereocenters. The number of para-hydroxylation sites is 1. The van der Waals surface area contributed by atoms with Crippen LogP contribution in [0.2, 0.25) is 0 Å². The molecule has 162 valence electrons. The van der Waals surface area contributed by atoms with Crippen molar-refractivity contribution in [1.82, 2.24) is 24.1 Å². The van der Waals surface area contributed by atoms with Crippen molar-refractivity contribution < 1.29 is 0 Å². The molecule has 0 spiro atoms. The van der Waals surface area contributed by atoms with Gasteiger partial charge in [-0.3, -0.25) is 14.3 Å². The lowest BCUT2D eigenvalue weighted by atomic mass is 10.2. The maximum absolute atomic E-state index is 12.7. The Morgan fingerprint density at radius 3 is 2.65 bits per heavy atom. The Morgan fingerprint density at radius 2 is 1.87 bits per heavy atom. The summed E-state index contributed by atoms with van der Waals surface area (Å²) in [4.78, 5) is 39.0. The van der Waals surface area contributed by atoms with Crippen LogP contribution in [-0.4, -0.2) is 42.9 Å². The first-order valence-electron chi connectivity index (χ1n) is 10.5. The fourth-order valence-electron chi connectivity index (χ4n) is 4.08. The summed E-state index contributed by atoms with van der Waals surface area (Å²) in [5, 5.41) is 0. The Kier molecular flexibility index (Phi) is 5.58. The molecule has 3 aromatic heterocycles. The molecule has 0 aliphatic carbocycles. The molecule has 0 bridgehead atoms. The molecule has 0 radical (unpaired) electrons. The van der Waals surface area contributed by atoms with E-state index in [1.165, 1.54) is 22.1 Å². The van der Waals surface area contributed by atoms with Crippen LogP contribution in [0.4, 0.5) is 5.95 Å². The average Bonchev–Trinajstić information content (AvgIpc) is 3.24. The first-order valence-corrected chi connectivity index (χ1v) is 12.3. The average molecular weight is 457 g/mol. The highest BCUT2D eigenvalue weighted by molar-refractivity contribution is 8.01. The van der Waals surface area contributed by atoms with E-state index in [0.717, 1.165) is 47.5 Å². The Labute approximate surface area is 186 Å². The molecule has 4 heterocycles. The number of nitrogens with one attached hydrogen (secondary N) is 1. The summed E-state index contributed by atoms with van der Waals surface area (Å²) in [6.07, 6.45) is 4.64. The van der Waals surface area contributed by atoms with Gasteiger partial charge in [0.05, 0.1) is 10.2 Å². The third-order valence-electron chi connectivity index (χ3n) is 5.69. The van der Waals surface area contributed by atoms with Crippen LogP contribution in [-0.2, 0) is 13.6 Å². The fourth-order valence-corrected chi connectivity index (χ4v) is 6.15. The van der Waals surface area contributed by atoms with Crippen LogP contribution in [0.25, 0.3) is 21.4 Å². The molecule has 1 aromatic carbocycles. The number of H-pyrrole nitrogens is 1. The zero-order chi connectivity index (χ0) is 21.4. The van der Waals surface area contributed by atoms with Crippen molar-refractivity contribution in [3.63, 3.8) is 0 Å². The number of thioether (sulfide) groups is 1. The van der Waals surface area contributed by atoms with E-state index in [9.17, 15) is 9.59 Å². The molecule has 1 N–H and O–H groups in total. The number of anilines is 1. The van der Waals surface area contributed by atoms with Crippen molar-refractivity contribution in [2.45, 2.75) is 36.6 Å². The van der Waals surface area contributed by atoms with Crippen LogP contribution >= 0.6 is 23.1 Å². The number of fused-ring (bicyclic) bond motifs is 2. The molecule has 0 amide bonds. The van der Waals surface area contributed by atoms with Gasteiger partial charge in [0.2, 0.25) is 5.95 Å². The topological polar surface area (TPSA) is 88.8 Å². The molecule has 10 heteroatoms. The largest absolute Gasteiger partial charge is 0.342 e. The maximum Gasteiger partial charge on any atom is 0.329 e. The van der Waals surface area contributed by atoms with Crippen molar-refractivity contribution in [3.05, 3.63) is 45.1 Å². The van der Waals surface area contributed by atoms with Gasteiger partial charge >= 0.3 is 5.69 Å². The van der Waals surface area contributed by atoms with Crippen molar-refractivity contribution >= 4 is 50.4 Å². The first-order chi connectivity index (χ1) is 15.1. The van der Waals surface area contributed by atoms with Crippen molar-refractivity contribution in [1.29, 1.82) is 0 Å². The van der Waals surface area contributed by atoms with Gasteiger partial charge in [-0.2, -0.15) is 4.98 Å². The molecule has 1 saturated heterocycles. The Bertz CT molecular complexity index is 1310. The standard InChI is InChI=1S/C21H24N6O2S2/c1-25-17-16(18(28)24-20(25)29)27(19(23-17)26-10-6-2-3-7-11-26)12-13-30-21-22-14-8-4-5-9-15(14)31-21/h4-5,8-9H,2-3,6-7,10-13H2,1H3,(H,24,28,29). The zero-order valence-electron chi connectivity index (χ0n) is 17.3. The molecule has 1 aliphatic rings. The zero-order valence-corrected chi connectivity index (χ0v) is 19.0. The van der Waals surface area contributed by atoms with Gasteiger partial charge in [0.25, 0.3) is 5.56 Å². The van der Waals surface area contributed by atoms with Crippen molar-refractivity contribution in [2.24, 2.45) is 7.05 Å². The summed E-state index contributed by atoms with van der Waals surface area (Å²) in [6.45, 7) is 2.45. The number of aryl methyl sites for hydroxylation is 2. The SMILES string of the molecule is Cn1c(=O)[nH]c(=O)c2c1nc(N1CCCCCC1)n2CCSc1nc2ccccc2s1. The number of hydrogen-bond donors (Lipinski definition) is 1. The first kappa shape index (κ1) is 20.3. The van der Waals surface area contributed by atoms with Crippen molar-refractivity contribution in [3.8, 4) is 0 Å². The second-order valence-corrected chi connectivity index (χ2v) is 10.1. The Morgan fingerprint density at radius 1 is 1.10 bits per heavy atom. The highest BCUT2D eigenvalue weighted by atomic mass is 32.2. The van der Waals surface area contributed by atoms with Gasteiger partial charge in [0.15, 0.2) is 15.5 Å². The van der Waals surface area contributed by atoms with Crippen LogP contribution in [0.1, 0.15) is 25.7 Å². The molecule has 31 heavy (non-hydrogen) atoms. The van der Waals surface area contributed by atoms with Crippen LogP contribution < -0.4 is 16.1 Å². The summed E-state index contributed by atoms with van der Waals surface area (Å²) in [5.41, 5.74) is 1.11. The molecular weight excluding hydrogens is 432 g/mol. The van der Waals surface area contributed by atoms with Crippen molar-refractivity contribution in [2.75, 3.05) is 23.7 Å². The van der Waals surface area contributed by atoms with Gasteiger partial charge in [0.1, 0.15) is 0 Å². The number of imidazole rings is 1. The maximum atomic E-state index is 12.7. The van der Waals surface area contributed by atoms with Crippen LogP contribution in [0.15, 0.2) is 38.2 Å². The van der Waals surface area contributed by atoms with Gasteiger partial charge in [-0.15, -0.1) is 11.3 Å². The van der Waals surface area contributed by atoms with Gasteiger partial charge in [0, 0.05) is 32.4 Å². The minimum atomic E-state index is -0.437. The normalized spacial score (nSPS) is 15.1. The monoisotopic (exact) mass is 456 g/mol. The fraction of sp³-hybridized carbons (Fsp3) is 0.429. The number of thiazole rings is 1. The lowest BCUT2D eigenvalue weighted by molar-refractivity contribution is 0.705. The van der Waals surface area contributed by atoms with Crippen LogP contribution in [0.5, 0.6) is 0 Å². The molecule has 0 unspecified atom stereocenters. The van der Waals surface area contributed by atoms with Gasteiger partial charge in [-0.25, -0.2) is 9.78 Å². The van der Waals surface area contributed by atoms with Crippen LogP contribution in [0.3, 0.4) is 0 Å². The molecule has 4 aromatic rings. The molecule has 1 fully saturated rings. The lowest BCUT2D eigenvalue weighted by Crippen LogP contribution is -2.30. The summed E-state index contributed by atoms with van der Waals surface area (Å²) in [5.74, 6) is 1.54. The van der Waals surface area contributed by atoms with E-state index in [0.29, 0.717) is 17.7 Å². The molecule has 5 rings (SSSR count). The predicted molar refractivity (Wildman–Crippen MR) is 127 cm³/mol. The molecule has 1 aliphatic heterocycles. The second-order valence-electron chi connectivity index (χ2n) is 7.75. The van der Waals surface area contributed by atoms with E-state index >= 15 is 0 Å². The summed E-state index contributed by atoms with van der Waals surface area (Å²) < 4.78 is 5.60. The Balaban J connectivity index is 1.49. The van der Waals surface area contributed by atoms with E-state index in [1.807, 2.05) is 22.8 Å². The molecular formula is C21H24N6O2S2. The number of aromatic amines is 1. The summed E-state index contributed by atoms with van der Waals surface area (Å²) in [7, 11) is 1.65. The summed E-state index contributed by atoms with van der Waals surface area (Å²) in [6, 6.07) is 8.13. The van der Waals surface area contributed by atoms with Gasteiger partial charge < -0.3 is 9.47 Å². The highest BCUT2D eigenvalue weighted by Gasteiger charge is 2.22. The Hall–Kier alpha value is -2.59. The molecule has 8 nitrogen and oxygen atoms in total. The predicted octanol–water partition coefficient (Wildman–Crippen LogP) is 3.21. The smallest absolute Gasteiger partial charge is 0.329 e. The highest BCUT2D eigenvalue weighted by Crippen LogP contribution is 2.30.